The molecule has 1 aliphatic carbocycles. The molecule has 0 heterocycles. The zero-order valence-electron chi connectivity index (χ0n) is 12.6. The van der Waals surface area contributed by atoms with Gasteiger partial charge in [0.25, 0.3) is 5.91 Å². The standard InChI is InChI=1S/C16H19NO5/c1-10(18)12-3-7-14(8-4-12)21-9-15(19)22-11(2)16(20)17-13-5-6-13/h3-4,7-8,11,13H,5-6,9H2,1-2H3,(H,17,20)/t11-/m0/s1. The third-order valence-corrected chi connectivity index (χ3v) is 3.22. The van der Waals surface area contributed by atoms with Crippen LogP contribution in [0.3, 0.4) is 0 Å². The van der Waals surface area contributed by atoms with Gasteiger partial charge in [-0.15, -0.1) is 0 Å². The summed E-state index contributed by atoms with van der Waals surface area (Å²) in [4.78, 5) is 34.4. The second-order valence-electron chi connectivity index (χ2n) is 5.28. The second-order valence-corrected chi connectivity index (χ2v) is 5.28. The fourth-order valence-electron chi connectivity index (χ4n) is 1.76. The first-order valence-corrected chi connectivity index (χ1v) is 7.19. The molecule has 1 aromatic carbocycles. The monoisotopic (exact) mass is 305 g/mol. The fraction of sp³-hybridized carbons (Fsp3) is 0.438. The summed E-state index contributed by atoms with van der Waals surface area (Å²) in [6.07, 6.45) is 1.12. The molecule has 1 saturated carbocycles. The maximum absolute atomic E-state index is 11.6. The van der Waals surface area contributed by atoms with Crippen molar-refractivity contribution in [2.75, 3.05) is 6.61 Å². The molecule has 1 aliphatic rings. The summed E-state index contributed by atoms with van der Waals surface area (Å²) < 4.78 is 10.3. The van der Waals surface area contributed by atoms with Gasteiger partial charge in [-0.2, -0.15) is 0 Å². The molecule has 0 aliphatic heterocycles. The molecule has 6 heteroatoms. The van der Waals surface area contributed by atoms with Crippen molar-refractivity contribution in [2.24, 2.45) is 0 Å². The van der Waals surface area contributed by atoms with Crippen LogP contribution in [0.5, 0.6) is 5.75 Å². The number of benzene rings is 1. The molecule has 0 spiro atoms. The molecule has 1 aromatic rings. The first kappa shape index (κ1) is 16.0. The Labute approximate surface area is 128 Å². The largest absolute Gasteiger partial charge is 0.482 e. The van der Waals surface area contributed by atoms with Gasteiger partial charge in [-0.1, -0.05) is 0 Å². The molecule has 0 saturated heterocycles. The SMILES string of the molecule is CC(=O)c1ccc(OCC(=O)O[C@@H](C)C(=O)NC2CC2)cc1. The molecule has 1 amide bonds. The van der Waals surface area contributed by atoms with Crippen LogP contribution in [0, 0.1) is 0 Å². The van der Waals surface area contributed by atoms with Gasteiger partial charge in [-0.25, -0.2) is 4.79 Å². The van der Waals surface area contributed by atoms with Crippen molar-refractivity contribution in [1.29, 1.82) is 0 Å². The number of Topliss-reactive ketones (excluding diaryl/α,β-unsaturated/α-hetero) is 1. The van der Waals surface area contributed by atoms with Gasteiger partial charge >= 0.3 is 5.97 Å². The Morgan fingerprint density at radius 2 is 1.86 bits per heavy atom. The van der Waals surface area contributed by atoms with Gasteiger partial charge in [0.15, 0.2) is 18.5 Å². The van der Waals surface area contributed by atoms with Crippen LogP contribution >= 0.6 is 0 Å². The third kappa shape index (κ3) is 4.87. The van der Waals surface area contributed by atoms with Crippen molar-refractivity contribution in [3.8, 4) is 5.75 Å². The van der Waals surface area contributed by atoms with E-state index >= 15 is 0 Å². The van der Waals surface area contributed by atoms with E-state index in [1.165, 1.54) is 13.8 Å². The Kier molecular flexibility index (Phi) is 5.14. The second kappa shape index (κ2) is 7.06. The molecule has 2 rings (SSSR count). The van der Waals surface area contributed by atoms with Gasteiger partial charge in [0.1, 0.15) is 5.75 Å². The molecule has 1 atom stereocenters. The van der Waals surface area contributed by atoms with Crippen LogP contribution in [0.2, 0.25) is 0 Å². The maximum Gasteiger partial charge on any atom is 0.344 e. The number of ketones is 1. The molecule has 1 fully saturated rings. The van der Waals surface area contributed by atoms with Crippen LogP contribution in [-0.4, -0.2) is 36.4 Å². The summed E-state index contributed by atoms with van der Waals surface area (Å²) in [5.41, 5.74) is 0.570. The average Bonchev–Trinajstić information content (AvgIpc) is 3.29. The molecule has 0 aromatic heterocycles. The Bertz CT molecular complexity index is 562. The number of amides is 1. The molecule has 0 unspecified atom stereocenters. The Balaban J connectivity index is 1.74. The lowest BCUT2D eigenvalue weighted by Gasteiger charge is -2.13. The zero-order chi connectivity index (χ0) is 16.1. The number of hydrogen-bond acceptors (Lipinski definition) is 5. The van der Waals surface area contributed by atoms with Crippen molar-refractivity contribution < 1.29 is 23.9 Å². The zero-order valence-corrected chi connectivity index (χ0v) is 12.6. The van der Waals surface area contributed by atoms with Crippen LogP contribution in [0.4, 0.5) is 0 Å². The van der Waals surface area contributed by atoms with Crippen LogP contribution in [-0.2, 0) is 14.3 Å². The van der Waals surface area contributed by atoms with Gasteiger partial charge in [0.05, 0.1) is 0 Å². The molecule has 118 valence electrons. The fourth-order valence-corrected chi connectivity index (χ4v) is 1.76. The van der Waals surface area contributed by atoms with Gasteiger partial charge in [-0.05, 0) is 51.0 Å². The lowest BCUT2D eigenvalue weighted by molar-refractivity contribution is -0.156. The summed E-state index contributed by atoms with van der Waals surface area (Å²) in [5.74, 6) is -0.491. The lowest BCUT2D eigenvalue weighted by Crippen LogP contribution is -2.37. The lowest BCUT2D eigenvalue weighted by atomic mass is 10.1. The molecule has 0 bridgehead atoms. The quantitative estimate of drug-likeness (QED) is 0.609. The smallest absolute Gasteiger partial charge is 0.344 e. The number of rotatable bonds is 7. The van der Waals surface area contributed by atoms with E-state index in [0.29, 0.717) is 11.3 Å². The van der Waals surface area contributed by atoms with E-state index in [-0.39, 0.29) is 24.3 Å². The maximum atomic E-state index is 11.6. The van der Waals surface area contributed by atoms with Crippen molar-refractivity contribution in [3.05, 3.63) is 29.8 Å². The minimum absolute atomic E-state index is 0.0403. The number of carbonyl (C=O) groups is 3. The highest BCUT2D eigenvalue weighted by Gasteiger charge is 2.27. The van der Waals surface area contributed by atoms with E-state index in [0.717, 1.165) is 12.8 Å². The molecule has 1 N–H and O–H groups in total. The predicted octanol–water partition coefficient (Wildman–Crippen LogP) is 1.48. The summed E-state index contributed by atoms with van der Waals surface area (Å²) in [6.45, 7) is 2.71. The highest BCUT2D eigenvalue weighted by molar-refractivity contribution is 5.94. The van der Waals surface area contributed by atoms with Gasteiger partial charge in [0.2, 0.25) is 0 Å². The summed E-state index contributed by atoms with van der Waals surface area (Å²) in [5, 5.41) is 2.76. The van der Waals surface area contributed by atoms with Gasteiger partial charge in [-0.3, -0.25) is 9.59 Å². The highest BCUT2D eigenvalue weighted by atomic mass is 16.6. The van der Waals surface area contributed by atoms with Crippen LogP contribution in [0.15, 0.2) is 24.3 Å². The van der Waals surface area contributed by atoms with Crippen molar-refractivity contribution >= 4 is 17.7 Å². The van der Waals surface area contributed by atoms with Gasteiger partial charge in [0, 0.05) is 11.6 Å². The highest BCUT2D eigenvalue weighted by Crippen LogP contribution is 2.18. The van der Waals surface area contributed by atoms with Gasteiger partial charge < -0.3 is 14.8 Å². The van der Waals surface area contributed by atoms with E-state index in [1.54, 1.807) is 24.3 Å². The number of esters is 1. The molecule has 6 nitrogen and oxygen atoms in total. The van der Waals surface area contributed by atoms with Crippen molar-refractivity contribution in [1.82, 2.24) is 5.32 Å². The van der Waals surface area contributed by atoms with Crippen LogP contribution in [0.25, 0.3) is 0 Å². The summed E-state index contributed by atoms with van der Waals surface area (Å²) in [6, 6.07) is 6.67. The Morgan fingerprint density at radius 3 is 2.41 bits per heavy atom. The van der Waals surface area contributed by atoms with E-state index < -0.39 is 12.1 Å². The number of nitrogens with one attached hydrogen (secondary N) is 1. The van der Waals surface area contributed by atoms with Crippen molar-refractivity contribution in [2.45, 2.75) is 38.8 Å². The first-order valence-electron chi connectivity index (χ1n) is 7.19. The van der Waals surface area contributed by atoms with E-state index in [1.807, 2.05) is 0 Å². The topological polar surface area (TPSA) is 81.7 Å². The molecule has 0 radical (unpaired) electrons. The van der Waals surface area contributed by atoms with Crippen LogP contribution < -0.4 is 10.1 Å². The summed E-state index contributed by atoms with van der Waals surface area (Å²) in [7, 11) is 0. The third-order valence-electron chi connectivity index (χ3n) is 3.22. The van der Waals surface area contributed by atoms with Crippen LogP contribution in [0.1, 0.15) is 37.0 Å². The summed E-state index contributed by atoms with van der Waals surface area (Å²) >= 11 is 0. The number of carbonyl (C=O) groups excluding carboxylic acids is 3. The minimum Gasteiger partial charge on any atom is -0.482 e. The Hall–Kier alpha value is -2.37. The molecule has 22 heavy (non-hydrogen) atoms. The molecular formula is C16H19NO5. The molecular weight excluding hydrogens is 286 g/mol. The Morgan fingerprint density at radius 1 is 1.23 bits per heavy atom. The number of hydrogen-bond donors (Lipinski definition) is 1. The predicted molar refractivity (Wildman–Crippen MR) is 78.7 cm³/mol. The number of ether oxygens (including phenoxy) is 2. The first-order chi connectivity index (χ1) is 10.5. The normalized spacial score (nSPS) is 14.8. The van der Waals surface area contributed by atoms with E-state index in [9.17, 15) is 14.4 Å². The van der Waals surface area contributed by atoms with E-state index in [4.69, 9.17) is 9.47 Å². The minimum atomic E-state index is -0.836. The van der Waals surface area contributed by atoms with Crippen molar-refractivity contribution in [3.63, 3.8) is 0 Å². The van der Waals surface area contributed by atoms with E-state index in [2.05, 4.69) is 5.32 Å². The average molecular weight is 305 g/mol.